The van der Waals surface area contributed by atoms with Gasteiger partial charge in [-0.1, -0.05) is 19.6 Å². The van der Waals surface area contributed by atoms with Gasteiger partial charge in [0.15, 0.2) is 0 Å². The predicted molar refractivity (Wildman–Crippen MR) is 128 cm³/mol. The smallest absolute Gasteiger partial charge is 0.407 e. The van der Waals surface area contributed by atoms with Gasteiger partial charge in [0.05, 0.1) is 26.4 Å². The number of rotatable bonds is 18. The molecule has 0 saturated heterocycles. The second kappa shape index (κ2) is 20.1. The van der Waals surface area contributed by atoms with Crippen molar-refractivity contribution in [3.63, 3.8) is 0 Å². The molecule has 1 aliphatic carbocycles. The van der Waals surface area contributed by atoms with Crippen molar-refractivity contribution in [3.8, 4) is 0 Å². The molecule has 0 aromatic carbocycles. The fourth-order valence-electron chi connectivity index (χ4n) is 3.44. The lowest BCUT2D eigenvalue weighted by molar-refractivity contribution is -0.140. The molecule has 0 spiro atoms. The Kier molecular flexibility index (Phi) is 17.3. The highest BCUT2D eigenvalue weighted by Gasteiger charge is 2.23. The molecule has 1 rings (SSSR count). The molecule has 1 aliphatic rings. The zero-order valence-corrected chi connectivity index (χ0v) is 20.7. The van der Waals surface area contributed by atoms with Crippen LogP contribution in [-0.4, -0.2) is 90.1 Å². The maximum atomic E-state index is 11.8. The van der Waals surface area contributed by atoms with Gasteiger partial charge in [0.1, 0.15) is 26.4 Å². The second-order valence-corrected chi connectivity index (χ2v) is 7.90. The number of ether oxygens (including phenoxy) is 6. The largest absolute Gasteiger partial charge is 0.460 e. The average molecular weight is 515 g/mol. The van der Waals surface area contributed by atoms with Crippen molar-refractivity contribution >= 4 is 24.1 Å². The first-order chi connectivity index (χ1) is 17.4. The van der Waals surface area contributed by atoms with Gasteiger partial charge in [0.2, 0.25) is 0 Å². The molecule has 12 heteroatoms. The normalized spacial score (nSPS) is 16.8. The Bertz CT molecular complexity index is 644. The van der Waals surface area contributed by atoms with E-state index in [4.69, 9.17) is 28.4 Å². The van der Waals surface area contributed by atoms with E-state index in [1.54, 1.807) is 0 Å². The lowest BCUT2D eigenvalue weighted by atomic mass is 9.81. The van der Waals surface area contributed by atoms with Gasteiger partial charge in [-0.15, -0.1) is 0 Å². The first-order valence-electron chi connectivity index (χ1n) is 12.0. The van der Waals surface area contributed by atoms with Crippen LogP contribution >= 0.6 is 0 Å². The Morgan fingerprint density at radius 1 is 0.639 bits per heavy atom. The fourth-order valence-corrected chi connectivity index (χ4v) is 3.44. The molecule has 2 N–H and O–H groups in total. The van der Waals surface area contributed by atoms with Crippen LogP contribution < -0.4 is 10.6 Å². The number of carbonyl (C=O) groups excluding carboxylic acids is 4. The van der Waals surface area contributed by atoms with Gasteiger partial charge in [0, 0.05) is 25.2 Å². The maximum absolute atomic E-state index is 11.8. The quantitative estimate of drug-likeness (QED) is 0.120. The van der Waals surface area contributed by atoms with Gasteiger partial charge in [-0.3, -0.25) is 0 Å². The van der Waals surface area contributed by atoms with Crippen molar-refractivity contribution in [1.29, 1.82) is 0 Å². The summed E-state index contributed by atoms with van der Waals surface area (Å²) in [6.07, 6.45) is 4.99. The van der Waals surface area contributed by atoms with Crippen LogP contribution in [0.5, 0.6) is 0 Å². The van der Waals surface area contributed by atoms with Gasteiger partial charge in [-0.05, 0) is 31.1 Å². The van der Waals surface area contributed by atoms with E-state index >= 15 is 0 Å². The van der Waals surface area contributed by atoms with Crippen LogP contribution in [-0.2, 0) is 38.0 Å². The molecule has 0 bridgehead atoms. The van der Waals surface area contributed by atoms with Crippen molar-refractivity contribution in [1.82, 2.24) is 10.6 Å². The molecule has 1 saturated carbocycles. The molecule has 1 fully saturated rings. The van der Waals surface area contributed by atoms with Gasteiger partial charge >= 0.3 is 24.1 Å². The monoisotopic (exact) mass is 514 g/mol. The van der Waals surface area contributed by atoms with Crippen LogP contribution in [0.1, 0.15) is 25.7 Å². The summed E-state index contributed by atoms with van der Waals surface area (Å²) in [6, 6.07) is 0. The van der Waals surface area contributed by atoms with E-state index in [0.29, 0.717) is 24.9 Å². The van der Waals surface area contributed by atoms with Gasteiger partial charge < -0.3 is 39.1 Å². The number of carbonyl (C=O) groups is 4. The summed E-state index contributed by atoms with van der Waals surface area (Å²) in [7, 11) is 0. The molecule has 204 valence electrons. The van der Waals surface area contributed by atoms with Gasteiger partial charge in [-0.25, -0.2) is 19.2 Å². The first-order valence-corrected chi connectivity index (χ1v) is 12.0. The molecule has 2 amide bonds. The highest BCUT2D eigenvalue weighted by Crippen LogP contribution is 2.28. The van der Waals surface area contributed by atoms with E-state index in [2.05, 4.69) is 23.8 Å². The molecule has 0 aliphatic heterocycles. The number of alkyl carbamates (subject to hydrolysis) is 2. The summed E-state index contributed by atoms with van der Waals surface area (Å²) in [5.74, 6) is -0.431. The van der Waals surface area contributed by atoms with Crippen molar-refractivity contribution < 1.29 is 47.6 Å². The number of amides is 2. The molecule has 0 aromatic rings. The number of hydrogen-bond donors (Lipinski definition) is 2. The summed E-state index contributed by atoms with van der Waals surface area (Å²) in [4.78, 5) is 45.4. The summed E-state index contributed by atoms with van der Waals surface area (Å²) < 4.78 is 30.0. The molecular formula is C24H38N2O10. The van der Waals surface area contributed by atoms with Crippen LogP contribution in [0, 0.1) is 11.8 Å². The minimum absolute atomic E-state index is 0.0916. The Morgan fingerprint density at radius 2 is 1.03 bits per heavy atom. The van der Waals surface area contributed by atoms with Crippen molar-refractivity contribution in [2.24, 2.45) is 11.8 Å². The Balaban J connectivity index is 2.03. The zero-order chi connectivity index (χ0) is 26.4. The third kappa shape index (κ3) is 16.5. The zero-order valence-electron chi connectivity index (χ0n) is 20.7. The standard InChI is InChI=1S/C24H38N2O10/c1-3-21(27)33-12-8-31-10-14-35-23(29)25-17-19-6-5-7-20(16-19)18-26-24(30)36-15-11-32-9-13-34-22(28)4-2/h3-4,19-20H,1-2,5-18H2,(H,25,29)(H,26,30). The predicted octanol–water partition coefficient (Wildman–Crippen LogP) is 1.74. The SMILES string of the molecule is C=CC(=O)OCCOCCOC(=O)NCC1CCCC(CNC(=O)OCCOCCOC(=O)C=C)C1. The molecule has 2 unspecified atom stereocenters. The number of nitrogens with one attached hydrogen (secondary N) is 2. The number of hydrogen-bond acceptors (Lipinski definition) is 10. The molecule has 2 atom stereocenters. The number of esters is 2. The van der Waals surface area contributed by atoms with E-state index in [1.165, 1.54) is 0 Å². The van der Waals surface area contributed by atoms with Crippen LogP contribution in [0.25, 0.3) is 0 Å². The average Bonchev–Trinajstić information content (AvgIpc) is 2.89. The maximum Gasteiger partial charge on any atom is 0.407 e. The third-order valence-corrected chi connectivity index (χ3v) is 5.16. The highest BCUT2D eigenvalue weighted by molar-refractivity contribution is 5.81. The van der Waals surface area contributed by atoms with E-state index in [9.17, 15) is 19.2 Å². The second-order valence-electron chi connectivity index (χ2n) is 7.90. The summed E-state index contributed by atoms with van der Waals surface area (Å²) >= 11 is 0. The summed E-state index contributed by atoms with van der Waals surface area (Å²) in [5, 5.41) is 5.53. The topological polar surface area (TPSA) is 148 Å². The third-order valence-electron chi connectivity index (χ3n) is 5.16. The summed E-state index contributed by atoms with van der Waals surface area (Å²) in [5.41, 5.74) is 0. The molecule has 36 heavy (non-hydrogen) atoms. The van der Waals surface area contributed by atoms with Crippen molar-refractivity contribution in [2.75, 3.05) is 65.9 Å². The molecule has 12 nitrogen and oxygen atoms in total. The highest BCUT2D eigenvalue weighted by atomic mass is 16.6. The van der Waals surface area contributed by atoms with E-state index in [1.807, 2.05) is 0 Å². The molecule has 0 heterocycles. The Morgan fingerprint density at radius 3 is 1.42 bits per heavy atom. The Hall–Kier alpha value is -3.12. The fraction of sp³-hybridized carbons (Fsp3) is 0.667. The van der Waals surface area contributed by atoms with Crippen LogP contribution in [0.15, 0.2) is 25.3 Å². The van der Waals surface area contributed by atoms with E-state index < -0.39 is 24.1 Å². The van der Waals surface area contributed by atoms with E-state index in [0.717, 1.165) is 37.8 Å². The molecular weight excluding hydrogens is 476 g/mol. The summed E-state index contributed by atoms with van der Waals surface area (Å²) in [6.45, 7) is 8.78. The van der Waals surface area contributed by atoms with Crippen molar-refractivity contribution in [3.05, 3.63) is 25.3 Å². The van der Waals surface area contributed by atoms with Crippen LogP contribution in [0.2, 0.25) is 0 Å². The minimum atomic E-state index is -0.515. The lowest BCUT2D eigenvalue weighted by Crippen LogP contribution is -2.36. The van der Waals surface area contributed by atoms with Gasteiger partial charge in [-0.2, -0.15) is 0 Å². The van der Waals surface area contributed by atoms with Crippen LogP contribution in [0.3, 0.4) is 0 Å². The first kappa shape index (κ1) is 30.9. The minimum Gasteiger partial charge on any atom is -0.460 e. The Labute approximate surface area is 211 Å². The van der Waals surface area contributed by atoms with Crippen molar-refractivity contribution in [2.45, 2.75) is 25.7 Å². The lowest BCUT2D eigenvalue weighted by Gasteiger charge is -2.29. The van der Waals surface area contributed by atoms with E-state index in [-0.39, 0.29) is 52.9 Å². The molecule has 0 radical (unpaired) electrons. The van der Waals surface area contributed by atoms with Crippen LogP contribution in [0.4, 0.5) is 9.59 Å². The van der Waals surface area contributed by atoms with Gasteiger partial charge in [0.25, 0.3) is 0 Å². The molecule has 0 aromatic heterocycles.